The van der Waals surface area contributed by atoms with Crippen LogP contribution in [-0.2, 0) is 17.6 Å². The minimum absolute atomic E-state index is 0.0812. The summed E-state index contributed by atoms with van der Waals surface area (Å²) in [5.74, 6) is -0.882. The fourth-order valence-electron chi connectivity index (χ4n) is 2.40. The largest absolute Gasteiger partial charge is 0.461 e. The Bertz CT molecular complexity index is 859. The first-order valence-electron chi connectivity index (χ1n) is 8.09. The maximum absolute atomic E-state index is 13.5. The highest BCUT2D eigenvalue weighted by Crippen LogP contribution is 2.11. The summed E-state index contributed by atoms with van der Waals surface area (Å²) in [7, 11) is 0. The standard InChI is InChI=1S/C19H18FN3O2/c1-2-14-7-9-16(10-8-14)23-13-18(21-22-23)19(24)25-12-11-15-5-3-4-6-17(15)20/h3-10,13H,2,11-12H2,1H3. The average Bonchev–Trinajstić information content (AvgIpc) is 3.13. The van der Waals surface area contributed by atoms with Crippen molar-refractivity contribution in [2.24, 2.45) is 0 Å². The van der Waals surface area contributed by atoms with Crippen LogP contribution in [0, 0.1) is 5.82 Å². The monoisotopic (exact) mass is 339 g/mol. The SMILES string of the molecule is CCc1ccc(-n2cc(C(=O)OCCc3ccccc3F)nn2)cc1. The number of esters is 1. The van der Waals surface area contributed by atoms with Gasteiger partial charge in [0.2, 0.25) is 0 Å². The van der Waals surface area contributed by atoms with Crippen LogP contribution in [-0.4, -0.2) is 27.6 Å². The van der Waals surface area contributed by atoms with E-state index in [1.165, 1.54) is 22.5 Å². The van der Waals surface area contributed by atoms with Crippen LogP contribution in [0.1, 0.15) is 28.5 Å². The fourth-order valence-corrected chi connectivity index (χ4v) is 2.40. The van der Waals surface area contributed by atoms with Gasteiger partial charge in [0, 0.05) is 6.42 Å². The molecule has 0 aliphatic rings. The number of aryl methyl sites for hydroxylation is 1. The molecule has 3 aromatic rings. The second-order valence-corrected chi connectivity index (χ2v) is 5.55. The Balaban J connectivity index is 1.59. The Kier molecular flexibility index (Phi) is 5.18. The predicted molar refractivity (Wildman–Crippen MR) is 91.1 cm³/mol. The number of hydrogen-bond donors (Lipinski definition) is 0. The molecule has 0 fully saturated rings. The number of carbonyl (C=O) groups excluding carboxylic acids is 1. The summed E-state index contributed by atoms with van der Waals surface area (Å²) < 4.78 is 20.2. The van der Waals surface area contributed by atoms with E-state index in [9.17, 15) is 9.18 Å². The Labute approximate surface area is 145 Å². The summed E-state index contributed by atoms with van der Waals surface area (Å²) in [6, 6.07) is 14.3. The molecular weight excluding hydrogens is 321 g/mol. The van der Waals surface area contributed by atoms with E-state index in [0.717, 1.165) is 12.1 Å². The fraction of sp³-hybridized carbons (Fsp3) is 0.211. The van der Waals surface area contributed by atoms with Crippen molar-refractivity contribution in [3.8, 4) is 5.69 Å². The van der Waals surface area contributed by atoms with Gasteiger partial charge in [0.05, 0.1) is 18.5 Å². The van der Waals surface area contributed by atoms with E-state index < -0.39 is 5.97 Å². The van der Waals surface area contributed by atoms with Gasteiger partial charge in [0.25, 0.3) is 0 Å². The Morgan fingerprint density at radius 1 is 1.16 bits per heavy atom. The zero-order valence-corrected chi connectivity index (χ0v) is 13.9. The highest BCUT2D eigenvalue weighted by atomic mass is 19.1. The molecule has 1 heterocycles. The smallest absolute Gasteiger partial charge is 0.360 e. The van der Waals surface area contributed by atoms with Crippen molar-refractivity contribution in [1.29, 1.82) is 0 Å². The molecule has 0 radical (unpaired) electrons. The van der Waals surface area contributed by atoms with Crippen LogP contribution in [0.4, 0.5) is 4.39 Å². The summed E-state index contributed by atoms with van der Waals surface area (Å²) in [5.41, 5.74) is 2.66. The van der Waals surface area contributed by atoms with Crippen molar-refractivity contribution < 1.29 is 13.9 Å². The van der Waals surface area contributed by atoms with Crippen LogP contribution < -0.4 is 0 Å². The molecule has 0 aliphatic heterocycles. The summed E-state index contributed by atoms with van der Waals surface area (Å²) in [5, 5.41) is 7.79. The quantitative estimate of drug-likeness (QED) is 0.646. The van der Waals surface area contributed by atoms with E-state index in [1.54, 1.807) is 18.2 Å². The number of carbonyl (C=O) groups is 1. The molecule has 25 heavy (non-hydrogen) atoms. The lowest BCUT2D eigenvalue weighted by molar-refractivity contribution is 0.0501. The Hall–Kier alpha value is -3.02. The van der Waals surface area contributed by atoms with Gasteiger partial charge in [-0.2, -0.15) is 0 Å². The van der Waals surface area contributed by atoms with Gasteiger partial charge < -0.3 is 4.74 Å². The van der Waals surface area contributed by atoms with Crippen LogP contribution in [0.15, 0.2) is 54.7 Å². The minimum atomic E-state index is -0.576. The molecule has 2 aromatic carbocycles. The van der Waals surface area contributed by atoms with E-state index >= 15 is 0 Å². The number of halogens is 1. The maximum atomic E-state index is 13.5. The minimum Gasteiger partial charge on any atom is -0.461 e. The van der Waals surface area contributed by atoms with Crippen molar-refractivity contribution in [1.82, 2.24) is 15.0 Å². The number of benzene rings is 2. The van der Waals surface area contributed by atoms with E-state index in [1.807, 2.05) is 24.3 Å². The molecule has 5 nitrogen and oxygen atoms in total. The third-order valence-corrected chi connectivity index (χ3v) is 3.87. The molecule has 0 saturated carbocycles. The first-order valence-corrected chi connectivity index (χ1v) is 8.09. The third kappa shape index (κ3) is 4.09. The molecule has 3 rings (SSSR count). The van der Waals surface area contributed by atoms with Crippen LogP contribution in [0.3, 0.4) is 0 Å². The van der Waals surface area contributed by atoms with Gasteiger partial charge in [-0.15, -0.1) is 5.10 Å². The lowest BCUT2D eigenvalue weighted by Gasteiger charge is -2.04. The third-order valence-electron chi connectivity index (χ3n) is 3.87. The second kappa shape index (κ2) is 7.70. The van der Waals surface area contributed by atoms with Gasteiger partial charge in [0.15, 0.2) is 5.69 Å². The number of ether oxygens (including phenoxy) is 1. The van der Waals surface area contributed by atoms with E-state index in [2.05, 4.69) is 17.2 Å². The van der Waals surface area contributed by atoms with Crippen molar-refractivity contribution in [3.05, 3.63) is 77.4 Å². The van der Waals surface area contributed by atoms with Crippen LogP contribution in [0.2, 0.25) is 0 Å². The van der Waals surface area contributed by atoms with Crippen molar-refractivity contribution in [3.63, 3.8) is 0 Å². The molecule has 0 unspecified atom stereocenters. The lowest BCUT2D eigenvalue weighted by Crippen LogP contribution is -2.09. The van der Waals surface area contributed by atoms with Crippen LogP contribution >= 0.6 is 0 Å². The molecule has 0 amide bonds. The first kappa shape index (κ1) is 16.8. The predicted octanol–water partition coefficient (Wildman–Crippen LogP) is 3.37. The summed E-state index contributed by atoms with van der Waals surface area (Å²) in [6.07, 6.45) is 2.79. The molecule has 0 saturated heterocycles. The van der Waals surface area contributed by atoms with E-state index in [-0.39, 0.29) is 18.1 Å². The van der Waals surface area contributed by atoms with E-state index in [0.29, 0.717) is 12.0 Å². The molecule has 0 atom stereocenters. The highest BCUT2D eigenvalue weighted by molar-refractivity contribution is 5.86. The van der Waals surface area contributed by atoms with Gasteiger partial charge in [-0.05, 0) is 35.7 Å². The molecule has 0 bridgehead atoms. The molecule has 0 aliphatic carbocycles. The zero-order chi connectivity index (χ0) is 17.6. The first-order chi connectivity index (χ1) is 12.2. The second-order valence-electron chi connectivity index (χ2n) is 5.55. The normalized spacial score (nSPS) is 10.6. The zero-order valence-electron chi connectivity index (χ0n) is 13.9. The van der Waals surface area contributed by atoms with Crippen LogP contribution in [0.5, 0.6) is 0 Å². The Morgan fingerprint density at radius 3 is 2.64 bits per heavy atom. The van der Waals surface area contributed by atoms with Crippen LogP contribution in [0.25, 0.3) is 5.69 Å². The van der Waals surface area contributed by atoms with Gasteiger partial charge in [-0.3, -0.25) is 0 Å². The van der Waals surface area contributed by atoms with Gasteiger partial charge in [-0.1, -0.05) is 42.5 Å². The van der Waals surface area contributed by atoms with Crippen molar-refractivity contribution in [2.45, 2.75) is 19.8 Å². The van der Waals surface area contributed by atoms with Crippen molar-refractivity contribution >= 4 is 5.97 Å². The molecule has 0 N–H and O–H groups in total. The molecule has 6 heteroatoms. The molecular formula is C19H18FN3O2. The highest BCUT2D eigenvalue weighted by Gasteiger charge is 2.13. The molecule has 1 aromatic heterocycles. The van der Waals surface area contributed by atoms with Gasteiger partial charge in [0.1, 0.15) is 5.82 Å². The van der Waals surface area contributed by atoms with Crippen molar-refractivity contribution in [2.75, 3.05) is 6.61 Å². The topological polar surface area (TPSA) is 57.0 Å². The maximum Gasteiger partial charge on any atom is 0.360 e. The lowest BCUT2D eigenvalue weighted by atomic mass is 10.1. The molecule has 128 valence electrons. The van der Waals surface area contributed by atoms with Gasteiger partial charge >= 0.3 is 5.97 Å². The number of nitrogens with zero attached hydrogens (tertiary/aromatic N) is 3. The number of hydrogen-bond acceptors (Lipinski definition) is 4. The number of aromatic nitrogens is 3. The summed E-state index contributed by atoms with van der Waals surface area (Å²) in [6.45, 7) is 2.16. The number of rotatable bonds is 6. The summed E-state index contributed by atoms with van der Waals surface area (Å²) >= 11 is 0. The Morgan fingerprint density at radius 2 is 1.92 bits per heavy atom. The average molecular weight is 339 g/mol. The van der Waals surface area contributed by atoms with Gasteiger partial charge in [-0.25, -0.2) is 13.9 Å². The van der Waals surface area contributed by atoms with E-state index in [4.69, 9.17) is 4.74 Å². The molecule has 0 spiro atoms. The summed E-state index contributed by atoms with van der Waals surface area (Å²) in [4.78, 5) is 12.0.